The Bertz CT molecular complexity index is 880. The standard InChI is InChI=1S/C20H14BrClN2/c21-15-10-14-7-6-13-11-16(22)8-9-18(13)20(19(14)23-12-15)24-17-4-2-1-3-5-17/h1-5,8-12H,6-7H2. The summed E-state index contributed by atoms with van der Waals surface area (Å²) >= 11 is 9.74. The second kappa shape index (κ2) is 6.50. The Balaban J connectivity index is 1.97. The zero-order chi connectivity index (χ0) is 16.5. The van der Waals surface area contributed by atoms with E-state index in [4.69, 9.17) is 16.6 Å². The van der Waals surface area contributed by atoms with Crippen LogP contribution in [0.2, 0.25) is 5.02 Å². The molecule has 0 spiro atoms. The van der Waals surface area contributed by atoms with E-state index >= 15 is 0 Å². The maximum Gasteiger partial charge on any atom is 0.0971 e. The van der Waals surface area contributed by atoms with Gasteiger partial charge in [0.25, 0.3) is 0 Å². The van der Waals surface area contributed by atoms with Gasteiger partial charge < -0.3 is 0 Å². The summed E-state index contributed by atoms with van der Waals surface area (Å²) < 4.78 is 0.990. The molecule has 4 rings (SSSR count). The Kier molecular flexibility index (Phi) is 4.21. The summed E-state index contributed by atoms with van der Waals surface area (Å²) in [7, 11) is 0. The molecule has 118 valence electrons. The van der Waals surface area contributed by atoms with Crippen molar-refractivity contribution in [1.82, 2.24) is 4.98 Å². The summed E-state index contributed by atoms with van der Waals surface area (Å²) in [6, 6.07) is 18.1. The second-order valence-electron chi connectivity index (χ2n) is 5.76. The molecule has 0 aliphatic heterocycles. The van der Waals surface area contributed by atoms with Crippen LogP contribution in [0.25, 0.3) is 0 Å². The highest BCUT2D eigenvalue weighted by molar-refractivity contribution is 9.10. The lowest BCUT2D eigenvalue weighted by Crippen LogP contribution is -2.08. The van der Waals surface area contributed by atoms with Crippen molar-refractivity contribution in [2.24, 2.45) is 4.99 Å². The minimum atomic E-state index is 0.757. The number of aliphatic imine (C=N–C) groups is 1. The van der Waals surface area contributed by atoms with Crippen molar-refractivity contribution >= 4 is 38.9 Å². The maximum absolute atomic E-state index is 6.21. The van der Waals surface area contributed by atoms with Gasteiger partial charge in [0.1, 0.15) is 0 Å². The van der Waals surface area contributed by atoms with E-state index in [1.165, 1.54) is 11.1 Å². The number of benzene rings is 2. The van der Waals surface area contributed by atoms with Crippen molar-refractivity contribution in [2.75, 3.05) is 0 Å². The zero-order valence-electron chi connectivity index (χ0n) is 12.8. The second-order valence-corrected chi connectivity index (χ2v) is 7.11. The van der Waals surface area contributed by atoms with Crippen LogP contribution in [0.3, 0.4) is 0 Å². The Labute approximate surface area is 154 Å². The van der Waals surface area contributed by atoms with Gasteiger partial charge >= 0.3 is 0 Å². The number of nitrogens with zero attached hydrogens (tertiary/aromatic N) is 2. The van der Waals surface area contributed by atoms with Crippen molar-refractivity contribution in [3.05, 3.63) is 92.7 Å². The molecule has 1 aromatic heterocycles. The van der Waals surface area contributed by atoms with E-state index in [9.17, 15) is 0 Å². The molecule has 4 heteroatoms. The Morgan fingerprint density at radius 1 is 0.958 bits per heavy atom. The monoisotopic (exact) mass is 396 g/mol. The van der Waals surface area contributed by atoms with E-state index in [1.54, 1.807) is 0 Å². The van der Waals surface area contributed by atoms with Gasteiger partial charge in [-0.05, 0) is 70.2 Å². The summed E-state index contributed by atoms with van der Waals surface area (Å²) in [5.41, 5.74) is 6.30. The van der Waals surface area contributed by atoms with Crippen LogP contribution in [0.5, 0.6) is 0 Å². The number of halogens is 2. The van der Waals surface area contributed by atoms with Gasteiger partial charge in [0.05, 0.1) is 17.1 Å². The van der Waals surface area contributed by atoms with Crippen molar-refractivity contribution in [1.29, 1.82) is 0 Å². The first-order chi connectivity index (χ1) is 11.7. The van der Waals surface area contributed by atoms with Crippen LogP contribution in [0.15, 0.2) is 70.3 Å². The molecule has 1 heterocycles. The lowest BCUT2D eigenvalue weighted by Gasteiger charge is -2.10. The fraction of sp³-hybridized carbons (Fsp3) is 0.100. The molecular formula is C20H14BrClN2. The third-order valence-corrected chi connectivity index (χ3v) is 4.81. The molecule has 0 bridgehead atoms. The highest BCUT2D eigenvalue weighted by Crippen LogP contribution is 2.29. The topological polar surface area (TPSA) is 25.2 Å². The van der Waals surface area contributed by atoms with Crippen molar-refractivity contribution in [2.45, 2.75) is 12.8 Å². The van der Waals surface area contributed by atoms with Gasteiger partial charge in [0.2, 0.25) is 0 Å². The molecule has 3 aromatic rings. The molecule has 1 aliphatic carbocycles. The van der Waals surface area contributed by atoms with Crippen molar-refractivity contribution in [3.63, 3.8) is 0 Å². The van der Waals surface area contributed by atoms with Gasteiger partial charge in [-0.15, -0.1) is 0 Å². The molecule has 2 nitrogen and oxygen atoms in total. The predicted octanol–water partition coefficient (Wildman–Crippen LogP) is 5.77. The molecule has 1 aliphatic rings. The zero-order valence-corrected chi connectivity index (χ0v) is 15.2. The highest BCUT2D eigenvalue weighted by atomic mass is 79.9. The van der Waals surface area contributed by atoms with Gasteiger partial charge in [-0.3, -0.25) is 4.98 Å². The van der Waals surface area contributed by atoms with Gasteiger partial charge in [-0.2, -0.15) is 0 Å². The molecule has 0 radical (unpaired) electrons. The average Bonchev–Trinajstić information content (AvgIpc) is 2.73. The quantitative estimate of drug-likeness (QED) is 0.512. The van der Waals surface area contributed by atoms with Crippen LogP contribution >= 0.6 is 27.5 Å². The van der Waals surface area contributed by atoms with E-state index < -0.39 is 0 Å². The molecule has 0 fully saturated rings. The molecule has 24 heavy (non-hydrogen) atoms. The van der Waals surface area contributed by atoms with Gasteiger partial charge in [0, 0.05) is 21.3 Å². The smallest absolute Gasteiger partial charge is 0.0971 e. The van der Waals surface area contributed by atoms with Crippen LogP contribution in [0.1, 0.15) is 22.4 Å². The Morgan fingerprint density at radius 3 is 2.58 bits per heavy atom. The van der Waals surface area contributed by atoms with Crippen LogP contribution in [-0.4, -0.2) is 10.7 Å². The summed E-state index contributed by atoms with van der Waals surface area (Å²) in [4.78, 5) is 9.58. The fourth-order valence-corrected chi connectivity index (χ4v) is 3.60. The minimum absolute atomic E-state index is 0.757. The number of hydrogen-bond donors (Lipinski definition) is 0. The number of fused-ring (bicyclic) bond motifs is 2. The first-order valence-corrected chi connectivity index (χ1v) is 8.95. The number of para-hydroxylation sites is 1. The van der Waals surface area contributed by atoms with E-state index in [2.05, 4.69) is 33.0 Å². The largest absolute Gasteiger partial charge is 0.253 e. The number of hydrogen-bond acceptors (Lipinski definition) is 2. The average molecular weight is 398 g/mol. The number of rotatable bonds is 1. The number of aryl methyl sites for hydroxylation is 2. The molecule has 0 saturated carbocycles. The molecule has 0 unspecified atom stereocenters. The lowest BCUT2D eigenvalue weighted by atomic mass is 10.0. The van der Waals surface area contributed by atoms with Crippen LogP contribution < -0.4 is 0 Å². The van der Waals surface area contributed by atoms with E-state index in [-0.39, 0.29) is 0 Å². The first kappa shape index (κ1) is 15.6. The van der Waals surface area contributed by atoms with Crippen LogP contribution in [0, 0.1) is 0 Å². The summed E-state index contributed by atoms with van der Waals surface area (Å²) in [6.07, 6.45) is 3.68. The maximum atomic E-state index is 6.21. The third-order valence-electron chi connectivity index (χ3n) is 4.14. The molecule has 0 saturated heterocycles. The summed E-state index contributed by atoms with van der Waals surface area (Å²) in [6.45, 7) is 0. The van der Waals surface area contributed by atoms with E-state index in [1.807, 2.05) is 48.7 Å². The molecule has 0 amide bonds. The minimum Gasteiger partial charge on any atom is -0.253 e. The third kappa shape index (κ3) is 3.02. The van der Waals surface area contributed by atoms with E-state index in [0.717, 1.165) is 45.0 Å². The first-order valence-electron chi connectivity index (χ1n) is 7.78. The highest BCUT2D eigenvalue weighted by Gasteiger charge is 2.21. The molecule has 0 atom stereocenters. The normalized spacial score (nSPS) is 14.8. The Morgan fingerprint density at radius 2 is 1.75 bits per heavy atom. The number of pyridine rings is 1. The van der Waals surface area contributed by atoms with Gasteiger partial charge in [-0.1, -0.05) is 35.9 Å². The molecule has 2 aromatic carbocycles. The molecule has 0 N–H and O–H groups in total. The van der Waals surface area contributed by atoms with Gasteiger partial charge in [0.15, 0.2) is 0 Å². The van der Waals surface area contributed by atoms with Crippen molar-refractivity contribution in [3.8, 4) is 0 Å². The summed E-state index contributed by atoms with van der Waals surface area (Å²) in [5, 5.41) is 0.757. The fourth-order valence-electron chi connectivity index (χ4n) is 3.03. The lowest BCUT2D eigenvalue weighted by molar-refractivity contribution is 0.954. The van der Waals surface area contributed by atoms with E-state index in [0.29, 0.717) is 0 Å². The van der Waals surface area contributed by atoms with Crippen LogP contribution in [-0.2, 0) is 12.8 Å². The SMILES string of the molecule is Clc1ccc2c(c1)CCc1cc(Br)cnc1C2=Nc1ccccc1. The summed E-state index contributed by atoms with van der Waals surface area (Å²) in [5.74, 6) is 0. The Hall–Kier alpha value is -1.97. The van der Waals surface area contributed by atoms with Crippen LogP contribution in [0.4, 0.5) is 5.69 Å². The van der Waals surface area contributed by atoms with Crippen molar-refractivity contribution < 1.29 is 0 Å². The predicted molar refractivity (Wildman–Crippen MR) is 103 cm³/mol. The number of aromatic nitrogens is 1. The molecular weight excluding hydrogens is 384 g/mol. The van der Waals surface area contributed by atoms with Gasteiger partial charge in [-0.25, -0.2) is 4.99 Å².